The minimum Gasteiger partial charge on any atom is -0.356 e. The summed E-state index contributed by atoms with van der Waals surface area (Å²) in [6.07, 6.45) is -0.380. The average Bonchev–Trinajstić information content (AvgIpc) is 2.26. The lowest BCUT2D eigenvalue weighted by Crippen LogP contribution is -2.20. The van der Waals surface area contributed by atoms with Gasteiger partial charge in [0.1, 0.15) is 0 Å². The molecule has 0 unspecified atom stereocenters. The highest BCUT2D eigenvalue weighted by molar-refractivity contribution is 5.72. The van der Waals surface area contributed by atoms with Gasteiger partial charge in [-0.05, 0) is 36.6 Å². The van der Waals surface area contributed by atoms with Crippen molar-refractivity contribution in [2.45, 2.75) is 26.4 Å². The molecule has 1 aromatic rings. The summed E-state index contributed by atoms with van der Waals surface area (Å²) in [5, 5.41) is 2.61. The van der Waals surface area contributed by atoms with Crippen LogP contribution in [-0.2, 0) is 11.0 Å². The monoisotopic (exact) mass is 271 g/mol. The van der Waals surface area contributed by atoms with Crippen LogP contribution in [0, 0.1) is 6.92 Å². The first-order valence-corrected chi connectivity index (χ1v) is 5.89. The lowest BCUT2D eigenvalue weighted by Gasteiger charge is -2.08. The maximum Gasteiger partial charge on any atom is 0.416 e. The summed E-state index contributed by atoms with van der Waals surface area (Å²) >= 11 is 0. The fraction of sp³-hybridized carbons (Fsp3) is 0.357. The molecule has 0 bridgehead atoms. The highest BCUT2D eigenvalue weighted by Gasteiger charge is 2.30. The van der Waals surface area contributed by atoms with Crippen LogP contribution in [0.15, 0.2) is 24.3 Å². The van der Waals surface area contributed by atoms with E-state index in [2.05, 4.69) is 5.32 Å². The second kappa shape index (κ2) is 6.41. The Morgan fingerprint density at radius 2 is 2.00 bits per heavy atom. The van der Waals surface area contributed by atoms with Gasteiger partial charge in [0.25, 0.3) is 0 Å². The zero-order valence-electron chi connectivity index (χ0n) is 10.8. The molecule has 19 heavy (non-hydrogen) atoms. The molecule has 0 fully saturated rings. The standard InChI is InChI=1S/C14H16F3NO/c1-10-7-12(5-3-4-6-18-11(2)19)9-13(8-10)14(15,16)17/h3,5,7-9H,4,6H2,1-2H3,(H,18,19). The molecule has 0 saturated carbocycles. The molecular formula is C14H16F3NO. The van der Waals surface area contributed by atoms with Gasteiger partial charge in [0.15, 0.2) is 0 Å². The summed E-state index contributed by atoms with van der Waals surface area (Å²) in [5.41, 5.74) is 0.431. The molecule has 0 aliphatic carbocycles. The number of carbonyl (C=O) groups excluding carboxylic acids is 1. The summed E-state index contributed by atoms with van der Waals surface area (Å²) in [6, 6.07) is 3.92. The molecule has 1 aromatic carbocycles. The number of hydrogen-bond acceptors (Lipinski definition) is 1. The third-order valence-corrected chi connectivity index (χ3v) is 2.42. The lowest BCUT2D eigenvalue weighted by atomic mass is 10.1. The third kappa shape index (κ3) is 5.59. The number of amides is 1. The van der Waals surface area contributed by atoms with E-state index < -0.39 is 11.7 Å². The smallest absolute Gasteiger partial charge is 0.356 e. The Hall–Kier alpha value is -1.78. The molecule has 0 aliphatic rings. The fourth-order valence-corrected chi connectivity index (χ4v) is 1.62. The van der Waals surface area contributed by atoms with Gasteiger partial charge in [0.05, 0.1) is 5.56 Å². The van der Waals surface area contributed by atoms with Crippen molar-refractivity contribution in [1.82, 2.24) is 5.32 Å². The quantitative estimate of drug-likeness (QED) is 0.834. The number of aryl methyl sites for hydroxylation is 1. The van der Waals surface area contributed by atoms with Crippen molar-refractivity contribution in [2.24, 2.45) is 0 Å². The van der Waals surface area contributed by atoms with E-state index in [4.69, 9.17) is 0 Å². The fourth-order valence-electron chi connectivity index (χ4n) is 1.62. The van der Waals surface area contributed by atoms with Crippen molar-refractivity contribution >= 4 is 12.0 Å². The highest BCUT2D eigenvalue weighted by Crippen LogP contribution is 2.30. The van der Waals surface area contributed by atoms with Gasteiger partial charge in [0, 0.05) is 13.5 Å². The number of alkyl halides is 3. The SMILES string of the molecule is CC(=O)NCCC=Cc1cc(C)cc(C(F)(F)F)c1. The van der Waals surface area contributed by atoms with E-state index in [9.17, 15) is 18.0 Å². The van der Waals surface area contributed by atoms with Crippen LogP contribution >= 0.6 is 0 Å². The minimum atomic E-state index is -4.33. The zero-order chi connectivity index (χ0) is 14.5. The van der Waals surface area contributed by atoms with Gasteiger partial charge in [-0.2, -0.15) is 13.2 Å². The second-order valence-corrected chi connectivity index (χ2v) is 4.30. The van der Waals surface area contributed by atoms with E-state index in [0.717, 1.165) is 12.1 Å². The number of benzene rings is 1. The number of rotatable bonds is 4. The predicted molar refractivity (Wildman–Crippen MR) is 68.5 cm³/mol. The van der Waals surface area contributed by atoms with Gasteiger partial charge in [-0.25, -0.2) is 0 Å². The number of nitrogens with one attached hydrogen (secondary N) is 1. The van der Waals surface area contributed by atoms with Gasteiger partial charge in [-0.1, -0.05) is 18.2 Å². The van der Waals surface area contributed by atoms with Crippen LogP contribution in [0.1, 0.15) is 30.0 Å². The number of hydrogen-bond donors (Lipinski definition) is 1. The maximum atomic E-state index is 12.6. The Morgan fingerprint density at radius 3 is 2.58 bits per heavy atom. The first kappa shape index (κ1) is 15.3. The summed E-state index contributed by atoms with van der Waals surface area (Å²) in [4.78, 5) is 10.6. The minimum absolute atomic E-state index is 0.122. The molecule has 0 radical (unpaired) electrons. The Bertz CT molecular complexity index is 478. The second-order valence-electron chi connectivity index (χ2n) is 4.30. The molecule has 1 amide bonds. The molecule has 0 heterocycles. The van der Waals surface area contributed by atoms with Crippen LogP contribution in [-0.4, -0.2) is 12.5 Å². The Labute approximate surface area is 110 Å². The average molecular weight is 271 g/mol. The molecular weight excluding hydrogens is 255 g/mol. The Morgan fingerprint density at radius 1 is 1.32 bits per heavy atom. The lowest BCUT2D eigenvalue weighted by molar-refractivity contribution is -0.137. The molecule has 0 aromatic heterocycles. The van der Waals surface area contributed by atoms with Crippen LogP contribution in [0.3, 0.4) is 0 Å². The van der Waals surface area contributed by atoms with Crippen molar-refractivity contribution in [3.8, 4) is 0 Å². The van der Waals surface area contributed by atoms with Gasteiger partial charge >= 0.3 is 6.18 Å². The largest absolute Gasteiger partial charge is 0.416 e. The summed E-state index contributed by atoms with van der Waals surface area (Å²) < 4.78 is 37.8. The normalized spacial score (nSPS) is 11.8. The molecule has 0 atom stereocenters. The molecule has 5 heteroatoms. The highest BCUT2D eigenvalue weighted by atomic mass is 19.4. The van der Waals surface area contributed by atoms with Crippen molar-refractivity contribution in [1.29, 1.82) is 0 Å². The zero-order valence-corrected chi connectivity index (χ0v) is 10.8. The molecule has 0 saturated heterocycles. The van der Waals surface area contributed by atoms with Gasteiger partial charge in [-0.15, -0.1) is 0 Å². The van der Waals surface area contributed by atoms with Gasteiger partial charge in [-0.3, -0.25) is 4.79 Å². The van der Waals surface area contributed by atoms with Crippen LogP contribution in [0.4, 0.5) is 13.2 Å². The van der Waals surface area contributed by atoms with E-state index in [1.807, 2.05) is 0 Å². The van der Waals surface area contributed by atoms with E-state index in [-0.39, 0.29) is 5.91 Å². The summed E-state index contributed by atoms with van der Waals surface area (Å²) in [5.74, 6) is -0.122. The molecule has 0 aliphatic heterocycles. The maximum absolute atomic E-state index is 12.6. The van der Waals surface area contributed by atoms with E-state index in [1.54, 1.807) is 25.1 Å². The molecule has 1 rings (SSSR count). The van der Waals surface area contributed by atoms with Crippen molar-refractivity contribution in [3.63, 3.8) is 0 Å². The van der Waals surface area contributed by atoms with Crippen molar-refractivity contribution < 1.29 is 18.0 Å². The Balaban J connectivity index is 2.71. The summed E-state index contributed by atoms with van der Waals surface area (Å²) in [7, 11) is 0. The van der Waals surface area contributed by atoms with E-state index >= 15 is 0 Å². The van der Waals surface area contributed by atoms with Crippen molar-refractivity contribution in [2.75, 3.05) is 6.54 Å². The van der Waals surface area contributed by atoms with Gasteiger partial charge in [0.2, 0.25) is 5.91 Å². The topological polar surface area (TPSA) is 29.1 Å². The van der Waals surface area contributed by atoms with Crippen LogP contribution in [0.2, 0.25) is 0 Å². The van der Waals surface area contributed by atoms with Crippen molar-refractivity contribution in [3.05, 3.63) is 41.0 Å². The predicted octanol–water partition coefficient (Wildman–Crippen LogP) is 3.55. The molecule has 104 valence electrons. The number of carbonyl (C=O) groups is 1. The molecule has 1 N–H and O–H groups in total. The molecule has 0 spiro atoms. The van der Waals surface area contributed by atoms with E-state index in [0.29, 0.717) is 24.1 Å². The van der Waals surface area contributed by atoms with E-state index in [1.165, 1.54) is 6.92 Å². The summed E-state index contributed by atoms with van der Waals surface area (Å²) in [6.45, 7) is 3.52. The first-order chi connectivity index (χ1) is 8.79. The third-order valence-electron chi connectivity index (χ3n) is 2.42. The molecule has 2 nitrogen and oxygen atoms in total. The van der Waals surface area contributed by atoms with Crippen LogP contribution < -0.4 is 5.32 Å². The number of halogens is 3. The van der Waals surface area contributed by atoms with Crippen LogP contribution in [0.25, 0.3) is 6.08 Å². The Kier molecular flexibility index (Phi) is 5.15. The van der Waals surface area contributed by atoms with Crippen LogP contribution in [0.5, 0.6) is 0 Å². The first-order valence-electron chi connectivity index (χ1n) is 5.89. The van der Waals surface area contributed by atoms with Gasteiger partial charge < -0.3 is 5.32 Å².